The van der Waals surface area contributed by atoms with E-state index in [1.165, 1.54) is 0 Å². The van der Waals surface area contributed by atoms with E-state index in [0.29, 0.717) is 11.6 Å². The molecule has 0 bridgehead atoms. The van der Waals surface area contributed by atoms with E-state index in [-0.39, 0.29) is 24.3 Å². The fraction of sp³-hybridized carbons (Fsp3) is 0.583. The first kappa shape index (κ1) is 15.2. The summed E-state index contributed by atoms with van der Waals surface area (Å²) in [5.41, 5.74) is 7.13. The molecule has 0 radical (unpaired) electrons. The lowest BCUT2D eigenvalue weighted by molar-refractivity contribution is -0.125. The summed E-state index contributed by atoms with van der Waals surface area (Å²) in [5, 5.41) is 8.72. The first-order valence-corrected chi connectivity index (χ1v) is 6.09. The highest BCUT2D eigenvalue weighted by Crippen LogP contribution is 2.16. The molecule has 0 spiro atoms. The van der Waals surface area contributed by atoms with Gasteiger partial charge in [0, 0.05) is 5.56 Å². The van der Waals surface area contributed by atoms with Gasteiger partial charge in [0.1, 0.15) is 0 Å². The second kappa shape index (κ2) is 6.33. The van der Waals surface area contributed by atoms with E-state index in [0.717, 1.165) is 5.56 Å². The number of amides is 2. The van der Waals surface area contributed by atoms with Crippen LogP contribution in [0, 0.1) is 19.8 Å². The molecule has 0 aliphatic rings. The third-order valence-corrected chi connectivity index (χ3v) is 2.85. The zero-order valence-corrected chi connectivity index (χ0v) is 11.6. The number of hydrogen-bond acceptors (Lipinski definition) is 5. The van der Waals surface area contributed by atoms with Crippen LogP contribution in [0.5, 0.6) is 0 Å². The SMILES string of the molecule is Cc1noc(NC(=O)CNC(=O)[C@@H](N)C(C)C)c1C. The molecule has 7 nitrogen and oxygen atoms in total. The molecule has 0 aliphatic heterocycles. The fourth-order valence-corrected chi connectivity index (χ4v) is 1.29. The molecule has 4 N–H and O–H groups in total. The first-order valence-electron chi connectivity index (χ1n) is 6.09. The third kappa shape index (κ3) is 4.06. The van der Waals surface area contributed by atoms with E-state index in [9.17, 15) is 9.59 Å². The van der Waals surface area contributed by atoms with Crippen molar-refractivity contribution in [2.24, 2.45) is 11.7 Å². The van der Waals surface area contributed by atoms with Crippen molar-refractivity contribution < 1.29 is 14.1 Å². The number of rotatable bonds is 5. The van der Waals surface area contributed by atoms with Gasteiger partial charge >= 0.3 is 0 Å². The Morgan fingerprint density at radius 2 is 2.00 bits per heavy atom. The molecule has 1 aromatic rings. The number of carbonyl (C=O) groups is 2. The van der Waals surface area contributed by atoms with Crippen molar-refractivity contribution in [2.45, 2.75) is 33.7 Å². The molecule has 2 amide bonds. The van der Waals surface area contributed by atoms with Crippen molar-refractivity contribution in [3.8, 4) is 0 Å². The van der Waals surface area contributed by atoms with Gasteiger partial charge in [-0.2, -0.15) is 0 Å². The number of anilines is 1. The number of aryl methyl sites for hydroxylation is 1. The summed E-state index contributed by atoms with van der Waals surface area (Å²) in [6.45, 7) is 7.08. The van der Waals surface area contributed by atoms with Crippen molar-refractivity contribution in [2.75, 3.05) is 11.9 Å². The zero-order chi connectivity index (χ0) is 14.6. The molecule has 0 unspecified atom stereocenters. The third-order valence-electron chi connectivity index (χ3n) is 2.85. The normalized spacial score (nSPS) is 12.3. The second-order valence-electron chi connectivity index (χ2n) is 4.76. The summed E-state index contributed by atoms with van der Waals surface area (Å²) in [7, 11) is 0. The number of nitrogens with two attached hydrogens (primary N) is 1. The van der Waals surface area contributed by atoms with E-state index in [1.54, 1.807) is 13.8 Å². The van der Waals surface area contributed by atoms with Crippen molar-refractivity contribution in [3.05, 3.63) is 11.3 Å². The zero-order valence-electron chi connectivity index (χ0n) is 11.6. The molecule has 0 fully saturated rings. The van der Waals surface area contributed by atoms with E-state index < -0.39 is 6.04 Å². The van der Waals surface area contributed by atoms with Gasteiger partial charge in [-0.3, -0.25) is 14.9 Å². The average molecular weight is 268 g/mol. The van der Waals surface area contributed by atoms with Gasteiger partial charge < -0.3 is 15.6 Å². The number of nitrogens with zero attached hydrogens (tertiary/aromatic N) is 1. The van der Waals surface area contributed by atoms with Crippen molar-refractivity contribution in [3.63, 3.8) is 0 Å². The maximum absolute atomic E-state index is 11.6. The fourth-order valence-electron chi connectivity index (χ4n) is 1.29. The van der Waals surface area contributed by atoms with Crippen LogP contribution in [-0.2, 0) is 9.59 Å². The Morgan fingerprint density at radius 3 is 2.47 bits per heavy atom. The molecule has 7 heteroatoms. The number of carbonyl (C=O) groups excluding carboxylic acids is 2. The minimum atomic E-state index is -0.623. The molecule has 106 valence electrons. The van der Waals surface area contributed by atoms with E-state index in [2.05, 4.69) is 15.8 Å². The molecule has 1 atom stereocenters. The largest absolute Gasteiger partial charge is 0.346 e. The maximum atomic E-state index is 11.6. The van der Waals surface area contributed by atoms with Crippen LogP contribution in [0.3, 0.4) is 0 Å². The Hall–Kier alpha value is -1.89. The Labute approximate surface area is 111 Å². The average Bonchev–Trinajstić information content (AvgIpc) is 2.66. The lowest BCUT2D eigenvalue weighted by atomic mass is 10.1. The van der Waals surface area contributed by atoms with Crippen LogP contribution in [0.4, 0.5) is 5.88 Å². The van der Waals surface area contributed by atoms with E-state index >= 15 is 0 Å². The number of nitrogens with one attached hydrogen (secondary N) is 2. The molecule has 1 aromatic heterocycles. The van der Waals surface area contributed by atoms with Gasteiger partial charge in [-0.05, 0) is 19.8 Å². The van der Waals surface area contributed by atoms with Gasteiger partial charge in [-0.1, -0.05) is 19.0 Å². The molecular weight excluding hydrogens is 248 g/mol. The van der Waals surface area contributed by atoms with E-state index in [4.69, 9.17) is 10.3 Å². The molecular formula is C12H20N4O3. The quantitative estimate of drug-likeness (QED) is 0.712. The molecule has 0 aromatic carbocycles. The smallest absolute Gasteiger partial charge is 0.246 e. The Morgan fingerprint density at radius 1 is 1.37 bits per heavy atom. The minimum Gasteiger partial charge on any atom is -0.346 e. The Kier molecular flexibility index (Phi) is 5.05. The maximum Gasteiger partial charge on any atom is 0.246 e. The highest BCUT2D eigenvalue weighted by atomic mass is 16.5. The van der Waals surface area contributed by atoms with Crippen LogP contribution in [-0.4, -0.2) is 29.6 Å². The molecule has 1 rings (SSSR count). The van der Waals surface area contributed by atoms with Crippen LogP contribution in [0.1, 0.15) is 25.1 Å². The predicted molar refractivity (Wildman–Crippen MR) is 70.4 cm³/mol. The highest BCUT2D eigenvalue weighted by Gasteiger charge is 2.18. The van der Waals surface area contributed by atoms with Crippen LogP contribution in [0.2, 0.25) is 0 Å². The van der Waals surface area contributed by atoms with Crippen LogP contribution >= 0.6 is 0 Å². The summed E-state index contributed by atoms with van der Waals surface area (Å²) >= 11 is 0. The molecule has 0 aliphatic carbocycles. The molecule has 19 heavy (non-hydrogen) atoms. The molecule has 1 heterocycles. The van der Waals surface area contributed by atoms with Gasteiger partial charge in [0.15, 0.2) is 0 Å². The molecule has 0 saturated heterocycles. The minimum absolute atomic E-state index is 0.0160. The monoisotopic (exact) mass is 268 g/mol. The predicted octanol–water partition coefficient (Wildman–Crippen LogP) is 0.329. The Bertz CT molecular complexity index is 468. The van der Waals surface area contributed by atoms with Crippen LogP contribution < -0.4 is 16.4 Å². The van der Waals surface area contributed by atoms with Gasteiger partial charge in [-0.15, -0.1) is 0 Å². The summed E-state index contributed by atoms with van der Waals surface area (Å²) in [6.07, 6.45) is 0. The number of hydrogen-bond donors (Lipinski definition) is 3. The van der Waals surface area contributed by atoms with Gasteiger partial charge in [0.25, 0.3) is 0 Å². The van der Waals surface area contributed by atoms with Crippen LogP contribution in [0.15, 0.2) is 4.52 Å². The summed E-state index contributed by atoms with van der Waals surface area (Å²) < 4.78 is 4.94. The number of aromatic nitrogens is 1. The lowest BCUT2D eigenvalue weighted by Gasteiger charge is -2.14. The summed E-state index contributed by atoms with van der Waals surface area (Å²) in [5.74, 6) is -0.425. The van der Waals surface area contributed by atoms with Crippen LogP contribution in [0.25, 0.3) is 0 Å². The topological polar surface area (TPSA) is 110 Å². The Balaban J connectivity index is 2.45. The highest BCUT2D eigenvalue weighted by molar-refractivity contribution is 5.94. The standard InChI is InChI=1S/C12H20N4O3/c1-6(2)10(13)11(18)14-5-9(17)15-12-7(3)8(4)16-19-12/h6,10H,5,13H2,1-4H3,(H,14,18)(H,15,17)/t10-/m0/s1. The van der Waals surface area contributed by atoms with Gasteiger partial charge in [0.2, 0.25) is 17.7 Å². The molecule has 0 saturated carbocycles. The summed E-state index contributed by atoms with van der Waals surface area (Å²) in [4.78, 5) is 23.2. The van der Waals surface area contributed by atoms with Gasteiger partial charge in [0.05, 0.1) is 18.3 Å². The van der Waals surface area contributed by atoms with Crippen molar-refractivity contribution in [1.82, 2.24) is 10.5 Å². The first-order chi connectivity index (χ1) is 8.82. The van der Waals surface area contributed by atoms with Crippen molar-refractivity contribution >= 4 is 17.7 Å². The van der Waals surface area contributed by atoms with Crippen molar-refractivity contribution in [1.29, 1.82) is 0 Å². The second-order valence-corrected chi connectivity index (χ2v) is 4.76. The summed E-state index contributed by atoms with van der Waals surface area (Å²) in [6, 6.07) is -0.623. The van der Waals surface area contributed by atoms with E-state index in [1.807, 2.05) is 13.8 Å². The van der Waals surface area contributed by atoms with Gasteiger partial charge in [-0.25, -0.2) is 0 Å². The lowest BCUT2D eigenvalue weighted by Crippen LogP contribution is -2.46.